The number of thiocarbonyl (C=S) groups is 1. The summed E-state index contributed by atoms with van der Waals surface area (Å²) >= 11 is 5.65. The summed E-state index contributed by atoms with van der Waals surface area (Å²) in [5.74, 6) is -5.82. The van der Waals surface area contributed by atoms with Gasteiger partial charge >= 0.3 is 0 Å². The Kier molecular flexibility index (Phi) is 3.40. The number of amides is 2. The van der Waals surface area contributed by atoms with Crippen molar-refractivity contribution in [3.8, 4) is 0 Å². The van der Waals surface area contributed by atoms with Gasteiger partial charge in [-0.15, -0.1) is 0 Å². The second-order valence-corrected chi connectivity index (χ2v) is 4.94. The second kappa shape index (κ2) is 4.69. The Balaban J connectivity index is 2.47. The SMILES string of the molecule is O=C1CSC(=S)N1C(=O)c1c(F)cc(F)cc1F. The minimum Gasteiger partial charge on any atom is -0.273 e. The van der Waals surface area contributed by atoms with Crippen molar-refractivity contribution >= 4 is 40.1 Å². The van der Waals surface area contributed by atoms with Crippen molar-refractivity contribution in [2.45, 2.75) is 0 Å². The van der Waals surface area contributed by atoms with Crippen LogP contribution < -0.4 is 0 Å². The molecule has 1 aromatic carbocycles. The van der Waals surface area contributed by atoms with Crippen molar-refractivity contribution in [2.75, 3.05) is 5.75 Å². The molecule has 3 nitrogen and oxygen atoms in total. The predicted octanol–water partition coefficient (Wildman–Crippen LogP) is 2.10. The zero-order chi connectivity index (χ0) is 13.4. The van der Waals surface area contributed by atoms with Crippen molar-refractivity contribution in [1.29, 1.82) is 0 Å². The summed E-state index contributed by atoms with van der Waals surface area (Å²) in [5.41, 5.74) is -0.991. The van der Waals surface area contributed by atoms with Crippen LogP contribution >= 0.6 is 24.0 Å². The number of hydrogen-bond donors (Lipinski definition) is 0. The van der Waals surface area contributed by atoms with E-state index >= 15 is 0 Å². The van der Waals surface area contributed by atoms with Crippen LogP contribution in [0.25, 0.3) is 0 Å². The topological polar surface area (TPSA) is 37.4 Å². The molecule has 1 fully saturated rings. The predicted molar refractivity (Wildman–Crippen MR) is 62.5 cm³/mol. The van der Waals surface area contributed by atoms with E-state index < -0.39 is 34.8 Å². The van der Waals surface area contributed by atoms with E-state index in [4.69, 9.17) is 12.2 Å². The average molecular weight is 291 g/mol. The lowest BCUT2D eigenvalue weighted by molar-refractivity contribution is -0.122. The van der Waals surface area contributed by atoms with Gasteiger partial charge in [-0.05, 0) is 0 Å². The molecule has 0 atom stereocenters. The summed E-state index contributed by atoms with van der Waals surface area (Å²) in [5, 5.41) is 0. The Morgan fingerprint density at radius 1 is 1.28 bits per heavy atom. The maximum Gasteiger partial charge on any atom is 0.272 e. The third-order valence-corrected chi connectivity index (χ3v) is 3.53. The van der Waals surface area contributed by atoms with E-state index in [1.165, 1.54) is 0 Å². The van der Waals surface area contributed by atoms with Gasteiger partial charge in [0.25, 0.3) is 5.91 Å². The number of thioether (sulfide) groups is 1. The maximum atomic E-state index is 13.4. The van der Waals surface area contributed by atoms with Crippen LogP contribution in [0.15, 0.2) is 12.1 Å². The zero-order valence-electron chi connectivity index (χ0n) is 8.58. The Hall–Kier alpha value is -1.41. The minimum atomic E-state index is -1.37. The monoisotopic (exact) mass is 291 g/mol. The minimum absolute atomic E-state index is 0.0605. The number of nitrogens with zero attached hydrogens (tertiary/aromatic N) is 1. The molecule has 2 amide bonds. The fourth-order valence-electron chi connectivity index (χ4n) is 1.41. The van der Waals surface area contributed by atoms with E-state index in [-0.39, 0.29) is 10.1 Å². The van der Waals surface area contributed by atoms with E-state index in [1.54, 1.807) is 0 Å². The van der Waals surface area contributed by atoms with Crippen molar-refractivity contribution in [2.24, 2.45) is 0 Å². The Morgan fingerprint density at radius 3 is 2.28 bits per heavy atom. The molecule has 0 aliphatic carbocycles. The van der Waals surface area contributed by atoms with Gasteiger partial charge in [-0.2, -0.15) is 0 Å². The van der Waals surface area contributed by atoms with Crippen LogP contribution in [0.5, 0.6) is 0 Å². The van der Waals surface area contributed by atoms with Gasteiger partial charge in [-0.1, -0.05) is 24.0 Å². The van der Waals surface area contributed by atoms with E-state index in [2.05, 4.69) is 0 Å². The molecule has 94 valence electrons. The van der Waals surface area contributed by atoms with E-state index in [9.17, 15) is 22.8 Å². The molecule has 0 radical (unpaired) electrons. The fourth-order valence-corrected chi connectivity index (χ4v) is 2.46. The highest BCUT2D eigenvalue weighted by atomic mass is 32.2. The summed E-state index contributed by atoms with van der Waals surface area (Å²) in [6.45, 7) is 0. The third-order valence-electron chi connectivity index (χ3n) is 2.17. The molecule has 0 N–H and O–H groups in total. The second-order valence-electron chi connectivity index (χ2n) is 3.33. The van der Waals surface area contributed by atoms with Crippen LogP contribution in [0.3, 0.4) is 0 Å². The maximum absolute atomic E-state index is 13.4. The first-order chi connectivity index (χ1) is 8.41. The lowest BCUT2D eigenvalue weighted by Crippen LogP contribution is -2.36. The number of carbonyl (C=O) groups excluding carboxylic acids is 2. The lowest BCUT2D eigenvalue weighted by Gasteiger charge is -2.13. The molecule has 1 aliphatic heterocycles. The lowest BCUT2D eigenvalue weighted by atomic mass is 10.1. The van der Waals surface area contributed by atoms with Gasteiger partial charge in [0, 0.05) is 12.1 Å². The largest absolute Gasteiger partial charge is 0.273 e. The number of imide groups is 1. The summed E-state index contributed by atoms with van der Waals surface area (Å²) in [7, 11) is 0. The Morgan fingerprint density at radius 2 is 1.83 bits per heavy atom. The van der Waals surface area contributed by atoms with Crippen LogP contribution in [0, 0.1) is 17.5 Å². The van der Waals surface area contributed by atoms with Crippen LogP contribution in [-0.2, 0) is 4.79 Å². The molecule has 1 aliphatic rings. The molecule has 0 aromatic heterocycles. The molecular formula is C10H4F3NO2S2. The molecular weight excluding hydrogens is 287 g/mol. The highest BCUT2D eigenvalue weighted by Crippen LogP contribution is 2.24. The summed E-state index contributed by atoms with van der Waals surface area (Å²) in [4.78, 5) is 23.7. The molecule has 2 rings (SSSR count). The Labute approximate surface area is 109 Å². The molecule has 0 saturated carbocycles. The van der Waals surface area contributed by atoms with Gasteiger partial charge < -0.3 is 0 Å². The van der Waals surface area contributed by atoms with Gasteiger partial charge in [0.15, 0.2) is 4.32 Å². The summed E-state index contributed by atoms with van der Waals surface area (Å²) < 4.78 is 39.4. The number of hydrogen-bond acceptors (Lipinski definition) is 4. The summed E-state index contributed by atoms with van der Waals surface area (Å²) in [6, 6.07) is 0.736. The Bertz CT molecular complexity index is 537. The van der Waals surface area contributed by atoms with Crippen LogP contribution in [-0.4, -0.2) is 26.8 Å². The summed E-state index contributed by atoms with van der Waals surface area (Å²) in [6.07, 6.45) is 0. The normalized spacial score (nSPS) is 15.4. The van der Waals surface area contributed by atoms with Gasteiger partial charge in [-0.25, -0.2) is 18.1 Å². The molecule has 1 heterocycles. The van der Waals surface area contributed by atoms with Gasteiger partial charge in [0.05, 0.1) is 5.75 Å². The molecule has 8 heteroatoms. The van der Waals surface area contributed by atoms with Gasteiger partial charge in [-0.3, -0.25) is 9.59 Å². The first-order valence-electron chi connectivity index (χ1n) is 4.60. The van der Waals surface area contributed by atoms with Crippen molar-refractivity contribution in [3.63, 3.8) is 0 Å². The van der Waals surface area contributed by atoms with Crippen LogP contribution in [0.2, 0.25) is 0 Å². The number of halogens is 3. The number of benzene rings is 1. The standard InChI is InChI=1S/C10H4F3NO2S2/c11-4-1-5(12)8(6(13)2-4)9(16)14-7(15)3-18-10(14)17/h1-2H,3H2. The molecule has 0 unspecified atom stereocenters. The van der Waals surface area contributed by atoms with Crippen molar-refractivity contribution < 1.29 is 22.8 Å². The van der Waals surface area contributed by atoms with Crippen LogP contribution in [0.1, 0.15) is 10.4 Å². The van der Waals surface area contributed by atoms with E-state index in [1.807, 2.05) is 0 Å². The smallest absolute Gasteiger partial charge is 0.272 e. The highest BCUT2D eigenvalue weighted by Gasteiger charge is 2.35. The fraction of sp³-hybridized carbons (Fsp3) is 0.100. The molecule has 0 bridgehead atoms. The van der Waals surface area contributed by atoms with Crippen LogP contribution in [0.4, 0.5) is 13.2 Å². The van der Waals surface area contributed by atoms with Gasteiger partial charge in [0.1, 0.15) is 23.0 Å². The highest BCUT2D eigenvalue weighted by molar-refractivity contribution is 8.24. The molecule has 0 spiro atoms. The number of carbonyl (C=O) groups is 2. The van der Waals surface area contributed by atoms with Gasteiger partial charge in [0.2, 0.25) is 5.91 Å². The number of rotatable bonds is 1. The van der Waals surface area contributed by atoms with Crippen molar-refractivity contribution in [1.82, 2.24) is 4.90 Å². The third kappa shape index (κ3) is 2.13. The first kappa shape index (κ1) is 13.0. The molecule has 18 heavy (non-hydrogen) atoms. The van der Waals surface area contributed by atoms with Crippen molar-refractivity contribution in [3.05, 3.63) is 35.1 Å². The average Bonchev–Trinajstić information content (AvgIpc) is 2.56. The molecule has 1 aromatic rings. The van der Waals surface area contributed by atoms with E-state index in [0.717, 1.165) is 11.8 Å². The van der Waals surface area contributed by atoms with E-state index in [0.29, 0.717) is 17.0 Å². The first-order valence-corrected chi connectivity index (χ1v) is 6.00. The quantitative estimate of drug-likeness (QED) is 0.586. The zero-order valence-corrected chi connectivity index (χ0v) is 10.2. The molecule has 1 saturated heterocycles.